The van der Waals surface area contributed by atoms with Crippen LogP contribution in [0.2, 0.25) is 0 Å². The van der Waals surface area contributed by atoms with Gasteiger partial charge in [-0.25, -0.2) is 4.39 Å². The predicted octanol–water partition coefficient (Wildman–Crippen LogP) is 0.931. The SMILES string of the molecule is Cn1cnnc1CNC(=O)c1cc(F)cc([N+](=O)[O-])c1F. The largest absolute Gasteiger partial charge is 0.345 e. The highest BCUT2D eigenvalue weighted by atomic mass is 19.1. The molecule has 1 aromatic carbocycles. The summed E-state index contributed by atoms with van der Waals surface area (Å²) in [6.07, 6.45) is 1.40. The Labute approximate surface area is 116 Å². The molecule has 110 valence electrons. The van der Waals surface area contributed by atoms with Crippen molar-refractivity contribution in [3.8, 4) is 0 Å². The van der Waals surface area contributed by atoms with E-state index in [1.165, 1.54) is 10.9 Å². The number of rotatable bonds is 4. The molecule has 8 nitrogen and oxygen atoms in total. The first-order valence-corrected chi connectivity index (χ1v) is 5.64. The van der Waals surface area contributed by atoms with Crippen molar-refractivity contribution >= 4 is 11.6 Å². The van der Waals surface area contributed by atoms with Crippen molar-refractivity contribution < 1.29 is 18.5 Å². The van der Waals surface area contributed by atoms with Crippen LogP contribution in [-0.4, -0.2) is 25.6 Å². The van der Waals surface area contributed by atoms with E-state index in [-0.39, 0.29) is 6.54 Å². The molecule has 1 N–H and O–H groups in total. The number of nitrogens with zero attached hydrogens (tertiary/aromatic N) is 4. The molecule has 1 aromatic heterocycles. The average molecular weight is 297 g/mol. The summed E-state index contributed by atoms with van der Waals surface area (Å²) in [5, 5.41) is 20.1. The average Bonchev–Trinajstić information content (AvgIpc) is 2.83. The Balaban J connectivity index is 2.23. The first-order chi connectivity index (χ1) is 9.90. The van der Waals surface area contributed by atoms with E-state index in [1.54, 1.807) is 7.05 Å². The minimum atomic E-state index is -1.39. The first kappa shape index (κ1) is 14.5. The van der Waals surface area contributed by atoms with E-state index in [4.69, 9.17) is 0 Å². The molecule has 0 atom stereocenters. The van der Waals surface area contributed by atoms with Crippen LogP contribution in [0.15, 0.2) is 18.5 Å². The molecule has 0 bridgehead atoms. The van der Waals surface area contributed by atoms with Gasteiger partial charge in [-0.1, -0.05) is 0 Å². The number of aryl methyl sites for hydroxylation is 1. The molecule has 2 rings (SSSR count). The number of amides is 1. The molecule has 0 aliphatic rings. The second-order valence-electron chi connectivity index (χ2n) is 4.08. The summed E-state index contributed by atoms with van der Waals surface area (Å²) in [5.74, 6) is -3.07. The fraction of sp³-hybridized carbons (Fsp3) is 0.182. The van der Waals surface area contributed by atoms with Crippen molar-refractivity contribution in [2.75, 3.05) is 0 Å². The van der Waals surface area contributed by atoms with Crippen LogP contribution in [0.5, 0.6) is 0 Å². The maximum atomic E-state index is 13.8. The maximum Gasteiger partial charge on any atom is 0.308 e. The molecule has 2 aromatic rings. The fourth-order valence-corrected chi connectivity index (χ4v) is 1.59. The second kappa shape index (κ2) is 5.61. The number of hydrogen-bond donors (Lipinski definition) is 1. The van der Waals surface area contributed by atoms with Crippen LogP contribution in [0.1, 0.15) is 16.2 Å². The summed E-state index contributed by atoms with van der Waals surface area (Å²) in [6.45, 7) is -0.0842. The lowest BCUT2D eigenvalue weighted by molar-refractivity contribution is -0.387. The number of halogens is 2. The van der Waals surface area contributed by atoms with Crippen LogP contribution >= 0.6 is 0 Å². The van der Waals surface area contributed by atoms with Gasteiger partial charge < -0.3 is 9.88 Å². The van der Waals surface area contributed by atoms with Crippen LogP contribution < -0.4 is 5.32 Å². The van der Waals surface area contributed by atoms with Gasteiger partial charge in [-0.2, -0.15) is 4.39 Å². The molecule has 0 unspecified atom stereocenters. The number of nitro benzene ring substituents is 1. The van der Waals surface area contributed by atoms with Gasteiger partial charge in [0, 0.05) is 7.05 Å². The van der Waals surface area contributed by atoms with Gasteiger partial charge in [0.15, 0.2) is 5.82 Å². The number of nitrogens with one attached hydrogen (secondary N) is 1. The lowest BCUT2D eigenvalue weighted by atomic mass is 10.1. The van der Waals surface area contributed by atoms with E-state index in [2.05, 4.69) is 15.5 Å². The Morgan fingerprint density at radius 2 is 2.19 bits per heavy atom. The van der Waals surface area contributed by atoms with Gasteiger partial charge in [0.25, 0.3) is 5.91 Å². The van der Waals surface area contributed by atoms with E-state index in [1.807, 2.05) is 0 Å². The van der Waals surface area contributed by atoms with E-state index in [0.29, 0.717) is 18.0 Å². The number of nitro groups is 1. The van der Waals surface area contributed by atoms with Crippen molar-refractivity contribution in [3.05, 3.63) is 51.6 Å². The molecule has 1 heterocycles. The fourth-order valence-electron chi connectivity index (χ4n) is 1.59. The molecule has 0 fully saturated rings. The highest BCUT2D eigenvalue weighted by Crippen LogP contribution is 2.22. The minimum Gasteiger partial charge on any atom is -0.345 e. The zero-order valence-electron chi connectivity index (χ0n) is 10.7. The second-order valence-corrected chi connectivity index (χ2v) is 4.08. The van der Waals surface area contributed by atoms with Crippen LogP contribution in [-0.2, 0) is 13.6 Å². The first-order valence-electron chi connectivity index (χ1n) is 5.64. The van der Waals surface area contributed by atoms with Crippen molar-refractivity contribution in [3.63, 3.8) is 0 Å². The summed E-state index contributed by atoms with van der Waals surface area (Å²) < 4.78 is 28.5. The van der Waals surface area contributed by atoms with Gasteiger partial charge in [0.1, 0.15) is 12.1 Å². The van der Waals surface area contributed by atoms with Crippen molar-refractivity contribution in [2.45, 2.75) is 6.54 Å². The maximum absolute atomic E-state index is 13.8. The van der Waals surface area contributed by atoms with Crippen molar-refractivity contribution in [2.24, 2.45) is 7.05 Å². The van der Waals surface area contributed by atoms with Gasteiger partial charge in [-0.15, -0.1) is 10.2 Å². The van der Waals surface area contributed by atoms with E-state index in [9.17, 15) is 23.7 Å². The zero-order chi connectivity index (χ0) is 15.6. The van der Waals surface area contributed by atoms with Gasteiger partial charge in [-0.05, 0) is 6.07 Å². The Morgan fingerprint density at radius 1 is 1.48 bits per heavy atom. The number of carbonyl (C=O) groups excluding carboxylic acids is 1. The number of hydrogen-bond acceptors (Lipinski definition) is 5. The van der Waals surface area contributed by atoms with E-state index in [0.717, 1.165) is 0 Å². The van der Waals surface area contributed by atoms with Crippen LogP contribution in [0, 0.1) is 21.7 Å². The van der Waals surface area contributed by atoms with E-state index < -0.39 is 33.7 Å². The smallest absolute Gasteiger partial charge is 0.308 e. The third-order valence-corrected chi connectivity index (χ3v) is 2.67. The molecule has 0 saturated carbocycles. The van der Waals surface area contributed by atoms with Crippen LogP contribution in [0.25, 0.3) is 0 Å². The summed E-state index contributed by atoms with van der Waals surface area (Å²) in [6, 6.07) is 1.00. The summed E-state index contributed by atoms with van der Waals surface area (Å²) in [5.41, 5.74) is -1.84. The Bertz CT molecular complexity index is 716. The predicted molar refractivity (Wildman–Crippen MR) is 65.2 cm³/mol. The lowest BCUT2D eigenvalue weighted by Gasteiger charge is -2.06. The summed E-state index contributed by atoms with van der Waals surface area (Å²) in [7, 11) is 1.63. The standard InChI is InChI=1S/C11H9F2N5O3/c1-17-5-15-16-9(17)4-14-11(19)7-2-6(12)3-8(10(7)13)18(20)21/h2-3,5H,4H2,1H3,(H,14,19). The van der Waals surface area contributed by atoms with Crippen molar-refractivity contribution in [1.29, 1.82) is 0 Å². The normalized spacial score (nSPS) is 10.4. The number of aromatic nitrogens is 3. The molecule has 0 radical (unpaired) electrons. The number of carbonyl (C=O) groups is 1. The highest BCUT2D eigenvalue weighted by molar-refractivity contribution is 5.95. The highest BCUT2D eigenvalue weighted by Gasteiger charge is 2.24. The lowest BCUT2D eigenvalue weighted by Crippen LogP contribution is -2.25. The Hall–Kier alpha value is -2.91. The zero-order valence-corrected chi connectivity index (χ0v) is 10.7. The Kier molecular flexibility index (Phi) is 3.87. The molecule has 0 spiro atoms. The third-order valence-electron chi connectivity index (χ3n) is 2.67. The van der Waals surface area contributed by atoms with E-state index >= 15 is 0 Å². The van der Waals surface area contributed by atoms with Crippen LogP contribution in [0.3, 0.4) is 0 Å². The Morgan fingerprint density at radius 3 is 2.76 bits per heavy atom. The molecule has 0 saturated heterocycles. The quantitative estimate of drug-likeness (QED) is 0.668. The van der Waals surface area contributed by atoms with Gasteiger partial charge in [0.05, 0.1) is 23.1 Å². The molecular weight excluding hydrogens is 288 g/mol. The van der Waals surface area contributed by atoms with Crippen LogP contribution in [0.4, 0.5) is 14.5 Å². The molecule has 0 aliphatic carbocycles. The van der Waals surface area contributed by atoms with Gasteiger partial charge in [0.2, 0.25) is 5.82 Å². The van der Waals surface area contributed by atoms with Gasteiger partial charge in [-0.3, -0.25) is 14.9 Å². The molecular formula is C11H9F2N5O3. The number of benzene rings is 1. The monoisotopic (exact) mass is 297 g/mol. The molecule has 1 amide bonds. The third kappa shape index (κ3) is 2.99. The topological polar surface area (TPSA) is 103 Å². The molecule has 21 heavy (non-hydrogen) atoms. The van der Waals surface area contributed by atoms with Crippen molar-refractivity contribution in [1.82, 2.24) is 20.1 Å². The van der Waals surface area contributed by atoms with Gasteiger partial charge >= 0.3 is 5.69 Å². The summed E-state index contributed by atoms with van der Waals surface area (Å²) >= 11 is 0. The molecule has 10 heteroatoms. The summed E-state index contributed by atoms with van der Waals surface area (Å²) in [4.78, 5) is 21.3. The molecule has 0 aliphatic heterocycles. The minimum absolute atomic E-state index is 0.0842.